The fourth-order valence-corrected chi connectivity index (χ4v) is 3.31. The van der Waals surface area contributed by atoms with Crippen LogP contribution in [0.25, 0.3) is 0 Å². The van der Waals surface area contributed by atoms with Gasteiger partial charge in [-0.15, -0.1) is 0 Å². The quantitative estimate of drug-likeness (QED) is 0.607. The van der Waals surface area contributed by atoms with Gasteiger partial charge in [-0.25, -0.2) is 9.59 Å². The first-order chi connectivity index (χ1) is 10.4. The second-order valence-corrected chi connectivity index (χ2v) is 7.35. The van der Waals surface area contributed by atoms with Gasteiger partial charge in [0, 0.05) is 9.79 Å². The summed E-state index contributed by atoms with van der Waals surface area (Å²) in [6.07, 6.45) is 0. The van der Waals surface area contributed by atoms with E-state index in [-0.39, 0.29) is 5.41 Å². The Morgan fingerprint density at radius 3 is 2.23 bits per heavy atom. The van der Waals surface area contributed by atoms with E-state index in [9.17, 15) is 9.59 Å². The van der Waals surface area contributed by atoms with Crippen LogP contribution in [0.15, 0.2) is 52.3 Å². The fraction of sp³-hybridized carbons (Fsp3) is 0.222. The van der Waals surface area contributed by atoms with Crippen LogP contribution >= 0.6 is 11.8 Å². The number of hydrogen-bond donors (Lipinski definition) is 0. The van der Waals surface area contributed by atoms with Crippen molar-refractivity contribution in [2.24, 2.45) is 0 Å². The van der Waals surface area contributed by atoms with Crippen LogP contribution in [0.3, 0.4) is 0 Å². The van der Waals surface area contributed by atoms with Crippen molar-refractivity contribution in [2.75, 3.05) is 0 Å². The van der Waals surface area contributed by atoms with Crippen molar-refractivity contribution in [3.05, 3.63) is 59.2 Å². The number of cyclic esters (lactones) is 2. The lowest BCUT2D eigenvalue weighted by molar-refractivity contribution is 0.0442. The van der Waals surface area contributed by atoms with Gasteiger partial charge in [0.05, 0.1) is 11.1 Å². The van der Waals surface area contributed by atoms with E-state index < -0.39 is 11.9 Å². The molecule has 0 unspecified atom stereocenters. The minimum Gasteiger partial charge on any atom is -0.386 e. The highest BCUT2D eigenvalue weighted by atomic mass is 32.2. The summed E-state index contributed by atoms with van der Waals surface area (Å²) in [4.78, 5) is 25.2. The van der Waals surface area contributed by atoms with Crippen LogP contribution in [0.1, 0.15) is 47.1 Å². The van der Waals surface area contributed by atoms with Crippen molar-refractivity contribution in [3.8, 4) is 0 Å². The SMILES string of the molecule is CC(C)(C)c1ccc(Sc2cccc3c2C(=O)OC3=O)cc1. The van der Waals surface area contributed by atoms with Crippen molar-refractivity contribution in [3.63, 3.8) is 0 Å². The molecule has 4 heteroatoms. The molecule has 0 radical (unpaired) electrons. The summed E-state index contributed by atoms with van der Waals surface area (Å²) in [5.41, 5.74) is 2.08. The van der Waals surface area contributed by atoms with Crippen LogP contribution in [-0.2, 0) is 10.2 Å². The predicted octanol–water partition coefficient (Wildman–Crippen LogP) is 4.45. The molecule has 0 saturated heterocycles. The average Bonchev–Trinajstić information content (AvgIpc) is 2.75. The molecule has 0 N–H and O–H groups in total. The van der Waals surface area contributed by atoms with Gasteiger partial charge in [-0.2, -0.15) is 0 Å². The van der Waals surface area contributed by atoms with Gasteiger partial charge < -0.3 is 4.74 Å². The van der Waals surface area contributed by atoms with Crippen molar-refractivity contribution in [1.82, 2.24) is 0 Å². The molecular weight excluding hydrogens is 296 g/mol. The lowest BCUT2D eigenvalue weighted by Crippen LogP contribution is -2.10. The molecule has 3 nitrogen and oxygen atoms in total. The van der Waals surface area contributed by atoms with E-state index in [4.69, 9.17) is 0 Å². The summed E-state index contributed by atoms with van der Waals surface area (Å²) in [6.45, 7) is 6.50. The molecule has 0 atom stereocenters. The van der Waals surface area contributed by atoms with Crippen LogP contribution in [0.2, 0.25) is 0 Å². The molecule has 0 saturated carbocycles. The van der Waals surface area contributed by atoms with Gasteiger partial charge in [0.15, 0.2) is 0 Å². The summed E-state index contributed by atoms with van der Waals surface area (Å²) in [7, 11) is 0. The Bertz CT molecular complexity index is 755. The Morgan fingerprint density at radius 2 is 1.59 bits per heavy atom. The maximum Gasteiger partial charge on any atom is 0.348 e. The van der Waals surface area contributed by atoms with Gasteiger partial charge in [-0.3, -0.25) is 0 Å². The van der Waals surface area contributed by atoms with E-state index in [0.717, 1.165) is 9.79 Å². The van der Waals surface area contributed by atoms with Crippen molar-refractivity contribution in [2.45, 2.75) is 36.0 Å². The van der Waals surface area contributed by atoms with E-state index in [1.807, 2.05) is 18.2 Å². The van der Waals surface area contributed by atoms with Crippen LogP contribution in [0.5, 0.6) is 0 Å². The van der Waals surface area contributed by atoms with Crippen LogP contribution in [0, 0.1) is 0 Å². The van der Waals surface area contributed by atoms with E-state index >= 15 is 0 Å². The zero-order valence-corrected chi connectivity index (χ0v) is 13.5. The molecule has 22 heavy (non-hydrogen) atoms. The third-order valence-electron chi connectivity index (χ3n) is 3.58. The number of rotatable bonds is 2. The number of hydrogen-bond acceptors (Lipinski definition) is 4. The highest BCUT2D eigenvalue weighted by molar-refractivity contribution is 7.99. The molecule has 0 bridgehead atoms. The molecule has 3 rings (SSSR count). The summed E-state index contributed by atoms with van der Waals surface area (Å²) in [5.74, 6) is -1.13. The highest BCUT2D eigenvalue weighted by Gasteiger charge is 2.32. The summed E-state index contributed by atoms with van der Waals surface area (Å²) in [5, 5.41) is 0. The molecule has 1 aliphatic rings. The normalized spacial score (nSPS) is 14.0. The lowest BCUT2D eigenvalue weighted by Gasteiger charge is -2.19. The summed E-state index contributed by atoms with van der Waals surface area (Å²) >= 11 is 1.47. The molecule has 0 spiro atoms. The highest BCUT2D eigenvalue weighted by Crippen LogP contribution is 2.36. The number of carbonyl (C=O) groups is 2. The second kappa shape index (κ2) is 5.29. The minimum atomic E-state index is -0.564. The molecule has 1 heterocycles. The molecule has 1 aliphatic heterocycles. The number of esters is 2. The maximum absolute atomic E-state index is 11.8. The number of fused-ring (bicyclic) bond motifs is 1. The summed E-state index contributed by atoms with van der Waals surface area (Å²) in [6, 6.07) is 13.5. The van der Waals surface area contributed by atoms with Gasteiger partial charge in [-0.1, -0.05) is 50.7 Å². The van der Waals surface area contributed by atoms with Crippen molar-refractivity contribution in [1.29, 1.82) is 0 Å². The van der Waals surface area contributed by atoms with Gasteiger partial charge in [0.25, 0.3) is 0 Å². The van der Waals surface area contributed by atoms with E-state index in [1.165, 1.54) is 17.3 Å². The van der Waals surface area contributed by atoms with Gasteiger partial charge in [0.1, 0.15) is 0 Å². The summed E-state index contributed by atoms with van der Waals surface area (Å²) < 4.78 is 4.68. The Kier molecular flexibility index (Phi) is 3.57. The molecule has 0 aromatic heterocycles. The Morgan fingerprint density at radius 1 is 0.909 bits per heavy atom. The van der Waals surface area contributed by atoms with E-state index in [1.54, 1.807) is 12.1 Å². The average molecular weight is 312 g/mol. The molecular formula is C18H16O3S. The standard InChI is InChI=1S/C18H16O3S/c1-18(2,3)11-7-9-12(10-8-11)22-14-6-4-5-13-15(14)17(20)21-16(13)19/h4-10H,1-3H3. The molecule has 2 aromatic rings. The van der Waals surface area contributed by atoms with Crippen molar-refractivity contribution >= 4 is 23.7 Å². The minimum absolute atomic E-state index is 0.105. The number of carbonyl (C=O) groups excluding carboxylic acids is 2. The Labute approximate surface area is 133 Å². The first-order valence-corrected chi connectivity index (χ1v) is 7.86. The molecule has 2 aromatic carbocycles. The molecule has 0 aliphatic carbocycles. The zero-order valence-electron chi connectivity index (χ0n) is 12.7. The Hall–Kier alpha value is -2.07. The van der Waals surface area contributed by atoms with Crippen LogP contribution < -0.4 is 0 Å². The van der Waals surface area contributed by atoms with Crippen molar-refractivity contribution < 1.29 is 14.3 Å². The third kappa shape index (κ3) is 2.66. The third-order valence-corrected chi connectivity index (χ3v) is 4.65. The monoisotopic (exact) mass is 312 g/mol. The largest absolute Gasteiger partial charge is 0.386 e. The van der Waals surface area contributed by atoms with Gasteiger partial charge >= 0.3 is 11.9 Å². The molecule has 0 fully saturated rings. The lowest BCUT2D eigenvalue weighted by atomic mass is 9.87. The first-order valence-electron chi connectivity index (χ1n) is 7.04. The van der Waals surface area contributed by atoms with Gasteiger partial charge in [0.2, 0.25) is 0 Å². The fourth-order valence-electron chi connectivity index (χ4n) is 2.34. The van der Waals surface area contributed by atoms with Crippen LogP contribution in [0.4, 0.5) is 0 Å². The topological polar surface area (TPSA) is 43.4 Å². The predicted molar refractivity (Wildman–Crippen MR) is 85.5 cm³/mol. The molecule has 112 valence electrons. The van der Waals surface area contributed by atoms with Gasteiger partial charge in [-0.05, 0) is 35.2 Å². The Balaban J connectivity index is 1.92. The number of benzene rings is 2. The van der Waals surface area contributed by atoms with E-state index in [2.05, 4.69) is 37.6 Å². The first kappa shape index (κ1) is 14.9. The van der Waals surface area contributed by atoms with E-state index in [0.29, 0.717) is 11.1 Å². The zero-order chi connectivity index (χ0) is 15.9. The second-order valence-electron chi connectivity index (χ2n) is 6.23. The molecule has 0 amide bonds. The maximum atomic E-state index is 11.8. The smallest absolute Gasteiger partial charge is 0.348 e. The number of ether oxygens (including phenoxy) is 1. The van der Waals surface area contributed by atoms with Crippen LogP contribution in [-0.4, -0.2) is 11.9 Å².